The van der Waals surface area contributed by atoms with E-state index in [2.05, 4.69) is 47.7 Å². The van der Waals surface area contributed by atoms with Gasteiger partial charge < -0.3 is 10.6 Å². The quantitative estimate of drug-likeness (QED) is 0.856. The van der Waals surface area contributed by atoms with Crippen LogP contribution in [0.15, 0.2) is 36.4 Å². The molecule has 0 aliphatic heterocycles. The van der Waals surface area contributed by atoms with Crippen molar-refractivity contribution < 1.29 is 0 Å². The Kier molecular flexibility index (Phi) is 3.82. The standard InChI is InChI=1S/C15H19N3/c1-4-12-8-9-13(10-11(12)2)17-15-7-5-6-14(16-3)18-15/h5-10H,4H2,1-3H3,(H2,16,17,18). The lowest BCUT2D eigenvalue weighted by atomic mass is 10.1. The molecule has 0 unspecified atom stereocenters. The van der Waals surface area contributed by atoms with Crippen LogP contribution in [0.1, 0.15) is 18.1 Å². The Morgan fingerprint density at radius 1 is 1.11 bits per heavy atom. The molecule has 0 amide bonds. The summed E-state index contributed by atoms with van der Waals surface area (Å²) in [6, 6.07) is 12.3. The number of benzene rings is 1. The zero-order valence-electron chi connectivity index (χ0n) is 11.1. The molecule has 0 saturated heterocycles. The minimum Gasteiger partial charge on any atom is -0.373 e. The molecule has 0 spiro atoms. The van der Waals surface area contributed by atoms with E-state index in [0.29, 0.717) is 0 Å². The van der Waals surface area contributed by atoms with Crippen LogP contribution in [0.3, 0.4) is 0 Å². The lowest BCUT2D eigenvalue weighted by molar-refractivity contribution is 1.11. The van der Waals surface area contributed by atoms with Gasteiger partial charge in [-0.25, -0.2) is 4.98 Å². The van der Waals surface area contributed by atoms with Gasteiger partial charge in [-0.3, -0.25) is 0 Å². The first-order chi connectivity index (χ1) is 8.72. The lowest BCUT2D eigenvalue weighted by Gasteiger charge is -2.10. The largest absolute Gasteiger partial charge is 0.373 e. The van der Waals surface area contributed by atoms with Crippen molar-refractivity contribution in [3.05, 3.63) is 47.5 Å². The first-order valence-electron chi connectivity index (χ1n) is 6.24. The Bertz CT molecular complexity index is 535. The average molecular weight is 241 g/mol. The number of hydrogen-bond acceptors (Lipinski definition) is 3. The van der Waals surface area contributed by atoms with Crippen molar-refractivity contribution in [3.63, 3.8) is 0 Å². The maximum atomic E-state index is 4.44. The predicted octanol–water partition coefficient (Wildman–Crippen LogP) is 3.74. The molecule has 94 valence electrons. The molecule has 1 aromatic carbocycles. The minimum absolute atomic E-state index is 0.852. The Balaban J connectivity index is 2.20. The number of rotatable bonds is 4. The topological polar surface area (TPSA) is 37.0 Å². The number of aryl methyl sites for hydroxylation is 2. The summed E-state index contributed by atoms with van der Waals surface area (Å²) in [6.45, 7) is 4.31. The molecule has 0 fully saturated rings. The Hall–Kier alpha value is -2.03. The number of pyridine rings is 1. The van der Waals surface area contributed by atoms with E-state index in [4.69, 9.17) is 0 Å². The summed E-state index contributed by atoms with van der Waals surface area (Å²) < 4.78 is 0. The van der Waals surface area contributed by atoms with Crippen molar-refractivity contribution in [2.24, 2.45) is 0 Å². The van der Waals surface area contributed by atoms with E-state index in [1.54, 1.807) is 0 Å². The zero-order valence-corrected chi connectivity index (χ0v) is 11.1. The van der Waals surface area contributed by atoms with Gasteiger partial charge in [0.25, 0.3) is 0 Å². The summed E-state index contributed by atoms with van der Waals surface area (Å²) in [5.74, 6) is 1.72. The van der Waals surface area contributed by atoms with E-state index in [1.807, 2.05) is 25.2 Å². The second-order valence-electron chi connectivity index (χ2n) is 4.28. The van der Waals surface area contributed by atoms with Gasteiger partial charge >= 0.3 is 0 Å². The SMILES string of the molecule is CCc1ccc(Nc2cccc(NC)n2)cc1C. The van der Waals surface area contributed by atoms with Gasteiger partial charge in [0.1, 0.15) is 11.6 Å². The monoisotopic (exact) mass is 241 g/mol. The lowest BCUT2D eigenvalue weighted by Crippen LogP contribution is -1.98. The summed E-state index contributed by atoms with van der Waals surface area (Å²) >= 11 is 0. The highest BCUT2D eigenvalue weighted by Gasteiger charge is 2.00. The van der Waals surface area contributed by atoms with Gasteiger partial charge in [-0.1, -0.05) is 19.1 Å². The van der Waals surface area contributed by atoms with Gasteiger partial charge in [0.05, 0.1) is 0 Å². The normalized spacial score (nSPS) is 10.2. The second-order valence-corrected chi connectivity index (χ2v) is 4.28. The van der Waals surface area contributed by atoms with Crippen LogP contribution in [-0.2, 0) is 6.42 Å². The molecule has 2 aromatic rings. The van der Waals surface area contributed by atoms with Gasteiger partial charge in [0.15, 0.2) is 0 Å². The minimum atomic E-state index is 0.852. The molecule has 0 radical (unpaired) electrons. The van der Waals surface area contributed by atoms with Crippen LogP contribution in [-0.4, -0.2) is 12.0 Å². The second kappa shape index (κ2) is 5.54. The fourth-order valence-electron chi connectivity index (χ4n) is 1.96. The Morgan fingerprint density at radius 3 is 2.56 bits per heavy atom. The summed E-state index contributed by atoms with van der Waals surface area (Å²) in [4.78, 5) is 4.44. The third kappa shape index (κ3) is 2.80. The van der Waals surface area contributed by atoms with E-state index >= 15 is 0 Å². The van der Waals surface area contributed by atoms with E-state index in [1.165, 1.54) is 11.1 Å². The van der Waals surface area contributed by atoms with Crippen molar-refractivity contribution in [1.29, 1.82) is 0 Å². The molecule has 0 aliphatic carbocycles. The summed E-state index contributed by atoms with van der Waals surface area (Å²) in [5.41, 5.74) is 3.77. The van der Waals surface area contributed by atoms with Crippen LogP contribution >= 0.6 is 0 Å². The molecule has 0 aliphatic rings. The van der Waals surface area contributed by atoms with E-state index < -0.39 is 0 Å². The summed E-state index contributed by atoms with van der Waals surface area (Å²) in [7, 11) is 1.87. The smallest absolute Gasteiger partial charge is 0.132 e. The highest BCUT2D eigenvalue weighted by atomic mass is 15.0. The average Bonchev–Trinajstić information content (AvgIpc) is 2.39. The fourth-order valence-corrected chi connectivity index (χ4v) is 1.96. The number of aromatic nitrogens is 1. The molecule has 0 saturated carbocycles. The number of hydrogen-bond donors (Lipinski definition) is 2. The van der Waals surface area contributed by atoms with Crippen molar-refractivity contribution in [3.8, 4) is 0 Å². The van der Waals surface area contributed by atoms with E-state index in [9.17, 15) is 0 Å². The van der Waals surface area contributed by atoms with E-state index in [-0.39, 0.29) is 0 Å². The maximum Gasteiger partial charge on any atom is 0.132 e. The van der Waals surface area contributed by atoms with Crippen LogP contribution in [0.2, 0.25) is 0 Å². The molecule has 3 heteroatoms. The van der Waals surface area contributed by atoms with Crippen molar-refractivity contribution in [1.82, 2.24) is 4.98 Å². The van der Waals surface area contributed by atoms with Gasteiger partial charge in [-0.05, 0) is 48.7 Å². The summed E-state index contributed by atoms with van der Waals surface area (Å²) in [5, 5.41) is 6.35. The van der Waals surface area contributed by atoms with Gasteiger partial charge in [0.2, 0.25) is 0 Å². The molecule has 2 N–H and O–H groups in total. The van der Waals surface area contributed by atoms with Gasteiger partial charge in [-0.15, -0.1) is 0 Å². The first-order valence-corrected chi connectivity index (χ1v) is 6.24. The molecule has 0 bridgehead atoms. The molecule has 18 heavy (non-hydrogen) atoms. The highest BCUT2D eigenvalue weighted by molar-refractivity contribution is 5.59. The van der Waals surface area contributed by atoms with Gasteiger partial charge in [0, 0.05) is 12.7 Å². The van der Waals surface area contributed by atoms with Crippen LogP contribution in [0, 0.1) is 6.92 Å². The Labute approximate surface area is 108 Å². The fraction of sp³-hybridized carbons (Fsp3) is 0.267. The molecule has 3 nitrogen and oxygen atoms in total. The van der Waals surface area contributed by atoms with Crippen LogP contribution in [0.25, 0.3) is 0 Å². The molecule has 0 atom stereocenters. The highest BCUT2D eigenvalue weighted by Crippen LogP contribution is 2.19. The van der Waals surface area contributed by atoms with Crippen LogP contribution in [0.4, 0.5) is 17.3 Å². The zero-order chi connectivity index (χ0) is 13.0. The number of anilines is 3. The number of nitrogens with zero attached hydrogens (tertiary/aromatic N) is 1. The maximum absolute atomic E-state index is 4.44. The van der Waals surface area contributed by atoms with Crippen LogP contribution in [0.5, 0.6) is 0 Å². The predicted molar refractivity (Wildman–Crippen MR) is 77.6 cm³/mol. The third-order valence-corrected chi connectivity index (χ3v) is 3.00. The van der Waals surface area contributed by atoms with E-state index in [0.717, 1.165) is 23.7 Å². The first kappa shape index (κ1) is 12.4. The van der Waals surface area contributed by atoms with Gasteiger partial charge in [-0.2, -0.15) is 0 Å². The third-order valence-electron chi connectivity index (χ3n) is 3.00. The summed E-state index contributed by atoms with van der Waals surface area (Å²) in [6.07, 6.45) is 1.07. The molecule has 1 aromatic heterocycles. The Morgan fingerprint density at radius 2 is 1.89 bits per heavy atom. The van der Waals surface area contributed by atoms with Crippen molar-refractivity contribution in [2.45, 2.75) is 20.3 Å². The molecule has 2 rings (SSSR count). The molecule has 1 heterocycles. The van der Waals surface area contributed by atoms with Crippen LogP contribution < -0.4 is 10.6 Å². The molecular formula is C15H19N3. The molecular weight excluding hydrogens is 222 g/mol. The van der Waals surface area contributed by atoms with Crippen molar-refractivity contribution >= 4 is 17.3 Å². The number of nitrogens with one attached hydrogen (secondary N) is 2. The van der Waals surface area contributed by atoms with Crippen molar-refractivity contribution in [2.75, 3.05) is 17.7 Å².